The number of rotatable bonds is 0. The zero-order valence-electron chi connectivity index (χ0n) is 13.3. The van der Waals surface area contributed by atoms with Crippen molar-refractivity contribution < 1.29 is 78.3 Å². The molecule has 30 heavy (non-hydrogen) atoms. The Morgan fingerprint density at radius 2 is 1.10 bits per heavy atom. The first-order valence-electron chi connectivity index (χ1n) is 6.72. The van der Waals surface area contributed by atoms with E-state index in [0.29, 0.717) is 0 Å². The summed E-state index contributed by atoms with van der Waals surface area (Å²) in [4.78, 5) is 0. The van der Waals surface area contributed by atoms with E-state index in [1.165, 1.54) is 0 Å². The van der Waals surface area contributed by atoms with Crippen LogP contribution >= 0.6 is 0 Å². The Kier molecular flexibility index (Phi) is 6.03. The summed E-state index contributed by atoms with van der Waals surface area (Å²) < 4.78 is 214. The highest BCUT2D eigenvalue weighted by Gasteiger charge is 2.82. The summed E-state index contributed by atoms with van der Waals surface area (Å²) in [5.74, 6) is -8.22. The quantitative estimate of drug-likeness (QED) is 0.459. The molecule has 0 amide bonds. The van der Waals surface area contributed by atoms with Gasteiger partial charge in [0.25, 0.3) is 26.7 Å². The van der Waals surface area contributed by atoms with Crippen LogP contribution in [0.3, 0.4) is 0 Å². The lowest BCUT2D eigenvalue weighted by Gasteiger charge is -2.27. The van der Waals surface area contributed by atoms with Gasteiger partial charge < -0.3 is 0 Å². The molecule has 0 bridgehead atoms. The van der Waals surface area contributed by atoms with Crippen molar-refractivity contribution in [2.45, 2.75) is 52.3 Å². The first kappa shape index (κ1) is 27.0. The highest BCUT2D eigenvalue weighted by molar-refractivity contribution is 7.93. The van der Waals surface area contributed by atoms with Gasteiger partial charge in [-0.15, -0.1) is 0 Å². The van der Waals surface area contributed by atoms with Crippen molar-refractivity contribution in [3.05, 3.63) is 0 Å². The van der Waals surface area contributed by atoms with E-state index in [9.17, 15) is 78.3 Å². The average Bonchev–Trinajstić information content (AvgIpc) is 2.70. The van der Waals surface area contributed by atoms with Crippen molar-refractivity contribution in [2.24, 2.45) is 0 Å². The minimum Gasteiger partial charge on any atom is -0.229 e. The van der Waals surface area contributed by atoms with Crippen LogP contribution in [-0.4, -0.2) is 68.5 Å². The monoisotopic (exact) mass is 520 g/mol. The second kappa shape index (κ2) is 6.71. The standard InChI is InChI=1S/2C5H3F7O2S/c6-2-4(8,9)3(7,5(10,11)12)1-15(2,13)14;6-2-3(7,5(10,11)12)1-4(8,9)15(2,13)14/h2*2H,1H2. The minimum atomic E-state index is -6.15. The third-order valence-electron chi connectivity index (χ3n) is 3.96. The number of sulfone groups is 2. The summed E-state index contributed by atoms with van der Waals surface area (Å²) >= 11 is 0. The van der Waals surface area contributed by atoms with E-state index in [2.05, 4.69) is 0 Å². The zero-order chi connectivity index (χ0) is 24.6. The summed E-state index contributed by atoms with van der Waals surface area (Å²) in [6, 6.07) is 0. The second-order valence-corrected chi connectivity index (χ2v) is 10.2. The molecular formula is C10H6F14O4S2. The fourth-order valence-electron chi connectivity index (χ4n) is 2.23. The normalized spacial score (nSPS) is 39.3. The van der Waals surface area contributed by atoms with Crippen LogP contribution in [0.5, 0.6) is 0 Å². The first-order chi connectivity index (χ1) is 12.7. The molecule has 0 aliphatic carbocycles. The Morgan fingerprint density at radius 3 is 1.23 bits per heavy atom. The highest BCUT2D eigenvalue weighted by atomic mass is 32.2. The van der Waals surface area contributed by atoms with Crippen molar-refractivity contribution in [3.63, 3.8) is 0 Å². The van der Waals surface area contributed by atoms with Crippen molar-refractivity contribution >= 4 is 19.7 Å². The lowest BCUT2D eigenvalue weighted by atomic mass is 10.0. The van der Waals surface area contributed by atoms with Gasteiger partial charge in [0.15, 0.2) is 9.84 Å². The van der Waals surface area contributed by atoms with Crippen LogP contribution in [-0.2, 0) is 19.7 Å². The van der Waals surface area contributed by atoms with Crippen molar-refractivity contribution in [2.75, 3.05) is 5.75 Å². The SMILES string of the molecule is O=S1(=O)C(F)C(F)(C(F)(F)F)CC1(F)F.O=S1(=O)CC(F)(C(F)(F)F)C(F)(F)C1F. The maximum Gasteiger partial charge on any atom is 0.429 e. The molecule has 0 aromatic carbocycles. The van der Waals surface area contributed by atoms with E-state index in [0.717, 1.165) is 0 Å². The Bertz CT molecular complexity index is 891. The van der Waals surface area contributed by atoms with Crippen LogP contribution in [0.15, 0.2) is 0 Å². The van der Waals surface area contributed by atoms with E-state index in [1.54, 1.807) is 0 Å². The molecule has 2 fully saturated rings. The maximum atomic E-state index is 12.8. The molecule has 2 saturated heterocycles. The summed E-state index contributed by atoms with van der Waals surface area (Å²) in [6.45, 7) is 0. The molecule has 0 saturated carbocycles. The van der Waals surface area contributed by atoms with Crippen molar-refractivity contribution in [1.29, 1.82) is 0 Å². The van der Waals surface area contributed by atoms with E-state index < -0.39 is 77.7 Å². The number of hydrogen-bond donors (Lipinski definition) is 0. The summed E-state index contributed by atoms with van der Waals surface area (Å²) in [5.41, 5.74) is -18.9. The van der Waals surface area contributed by atoms with E-state index in [-0.39, 0.29) is 0 Å². The Morgan fingerprint density at radius 1 is 0.700 bits per heavy atom. The molecule has 4 nitrogen and oxygen atoms in total. The number of halogens is 14. The van der Waals surface area contributed by atoms with E-state index in [1.807, 2.05) is 0 Å². The van der Waals surface area contributed by atoms with Gasteiger partial charge in [-0.1, -0.05) is 0 Å². The molecule has 20 heteroatoms. The van der Waals surface area contributed by atoms with Crippen LogP contribution in [0, 0.1) is 0 Å². The van der Waals surface area contributed by atoms with Gasteiger partial charge in [0.1, 0.15) is 5.75 Å². The lowest BCUT2D eigenvalue weighted by Crippen LogP contribution is -2.55. The predicted octanol–water partition coefficient (Wildman–Crippen LogP) is 3.58. The molecule has 0 aromatic heterocycles. The van der Waals surface area contributed by atoms with Gasteiger partial charge in [-0.3, -0.25) is 0 Å². The molecule has 0 radical (unpaired) electrons. The molecule has 0 N–H and O–H groups in total. The fraction of sp³-hybridized carbons (Fsp3) is 1.00. The molecule has 4 atom stereocenters. The van der Waals surface area contributed by atoms with Gasteiger partial charge in [0, 0.05) is 0 Å². The summed E-state index contributed by atoms with van der Waals surface area (Å²) in [6.07, 6.45) is -14.9. The molecule has 4 unspecified atom stereocenters. The van der Waals surface area contributed by atoms with E-state index in [4.69, 9.17) is 0 Å². The van der Waals surface area contributed by atoms with Crippen LogP contribution in [0.4, 0.5) is 61.5 Å². The van der Waals surface area contributed by atoms with Crippen LogP contribution in [0.25, 0.3) is 0 Å². The molecule has 180 valence electrons. The fourth-order valence-corrected chi connectivity index (χ4v) is 5.35. The third-order valence-corrected chi connectivity index (χ3v) is 7.58. The van der Waals surface area contributed by atoms with E-state index >= 15 is 0 Å². The molecule has 0 spiro atoms. The van der Waals surface area contributed by atoms with Crippen LogP contribution < -0.4 is 0 Å². The zero-order valence-corrected chi connectivity index (χ0v) is 14.9. The topological polar surface area (TPSA) is 68.3 Å². The van der Waals surface area contributed by atoms with Gasteiger partial charge in [-0.2, -0.15) is 43.9 Å². The first-order valence-corrected chi connectivity index (χ1v) is 9.98. The molecule has 2 aliphatic rings. The van der Waals surface area contributed by atoms with Gasteiger partial charge in [-0.25, -0.2) is 34.4 Å². The third kappa shape index (κ3) is 3.60. The summed E-state index contributed by atoms with van der Waals surface area (Å²) in [5, 5.41) is -5.04. The molecular weight excluding hydrogens is 514 g/mol. The Balaban J connectivity index is 0.000000300. The van der Waals surface area contributed by atoms with Crippen molar-refractivity contribution in [1.82, 2.24) is 0 Å². The van der Waals surface area contributed by atoms with Gasteiger partial charge >= 0.3 is 23.5 Å². The smallest absolute Gasteiger partial charge is 0.229 e. The van der Waals surface area contributed by atoms with Crippen LogP contribution in [0.2, 0.25) is 0 Å². The van der Waals surface area contributed by atoms with Gasteiger partial charge in [0.2, 0.25) is 5.50 Å². The lowest BCUT2D eigenvalue weighted by molar-refractivity contribution is -0.293. The molecule has 2 rings (SSSR count). The largest absolute Gasteiger partial charge is 0.429 e. The Hall–Kier alpha value is -1.08. The van der Waals surface area contributed by atoms with Gasteiger partial charge in [-0.05, 0) is 0 Å². The summed E-state index contributed by atoms with van der Waals surface area (Å²) in [7, 11) is -11.5. The molecule has 0 aromatic rings. The Labute approximate surface area is 157 Å². The minimum absolute atomic E-state index is 2.60. The molecule has 2 heterocycles. The average molecular weight is 520 g/mol. The maximum absolute atomic E-state index is 12.8. The van der Waals surface area contributed by atoms with Gasteiger partial charge in [0.05, 0.1) is 6.42 Å². The van der Waals surface area contributed by atoms with Crippen LogP contribution in [0.1, 0.15) is 6.42 Å². The second-order valence-electron chi connectivity index (χ2n) is 6.08. The van der Waals surface area contributed by atoms with Crippen molar-refractivity contribution in [3.8, 4) is 0 Å². The molecule has 2 aliphatic heterocycles. The number of alkyl halides is 14. The number of hydrogen-bond acceptors (Lipinski definition) is 4. The predicted molar refractivity (Wildman–Crippen MR) is 66.8 cm³/mol. The highest BCUT2D eigenvalue weighted by Crippen LogP contribution is 2.56.